The largest absolute Gasteiger partial charge is 0.466 e. The lowest BCUT2D eigenvalue weighted by atomic mass is 10.0. The summed E-state index contributed by atoms with van der Waals surface area (Å²) in [5.41, 5.74) is 4.29. The predicted molar refractivity (Wildman–Crippen MR) is 40.8 cm³/mol. The van der Waals surface area contributed by atoms with Crippen LogP contribution in [0, 0.1) is 5.92 Å². The maximum Gasteiger partial charge on any atom is 0.353 e. The number of carbonyl (C=O) groups excluding carboxylic acids is 1. The zero-order valence-corrected chi connectivity index (χ0v) is 7.38. The quantitative estimate of drug-likeness (QED) is 0.471. The number of hydrogen-bond acceptors (Lipinski definition) is 4. The van der Waals surface area contributed by atoms with E-state index in [1.165, 1.54) is 14.2 Å². The average Bonchev–Trinajstić information content (AvgIpc) is 2.01. The van der Waals surface area contributed by atoms with Crippen LogP contribution in [0.25, 0.3) is 0 Å². The van der Waals surface area contributed by atoms with Crippen LogP contribution in [0.2, 0.25) is 0 Å². The predicted octanol–water partition coefficient (Wildman–Crippen LogP) is 0.117. The summed E-state index contributed by atoms with van der Waals surface area (Å²) in [5.74, 6) is -0.657. The van der Waals surface area contributed by atoms with Crippen LogP contribution in [-0.2, 0) is 14.3 Å². The van der Waals surface area contributed by atoms with Crippen LogP contribution in [0.4, 0.5) is 0 Å². The Hall–Kier alpha value is -0.610. The molecule has 0 aromatic rings. The summed E-state index contributed by atoms with van der Waals surface area (Å²) in [6.07, 6.45) is 0. The van der Waals surface area contributed by atoms with Crippen molar-refractivity contribution in [3.8, 4) is 0 Å². The number of carbonyl (C=O) groups is 1. The number of esters is 1. The Bertz CT molecular complexity index is 147. The highest BCUT2D eigenvalue weighted by atomic mass is 16.6. The monoisotopic (exact) mass is 161 g/mol. The van der Waals surface area contributed by atoms with E-state index in [-0.39, 0.29) is 5.92 Å². The maximum absolute atomic E-state index is 11.0. The van der Waals surface area contributed by atoms with Crippen LogP contribution in [0.5, 0.6) is 0 Å². The normalized spacial score (nSPS) is 16.2. The van der Waals surface area contributed by atoms with Crippen molar-refractivity contribution in [2.45, 2.75) is 19.6 Å². The van der Waals surface area contributed by atoms with E-state index in [1.54, 1.807) is 13.8 Å². The van der Waals surface area contributed by atoms with Gasteiger partial charge in [0.25, 0.3) is 0 Å². The lowest BCUT2D eigenvalue weighted by molar-refractivity contribution is -0.171. The van der Waals surface area contributed by atoms with Crippen molar-refractivity contribution < 1.29 is 14.3 Å². The fourth-order valence-electron chi connectivity index (χ4n) is 0.714. The Morgan fingerprint density at radius 2 is 1.91 bits per heavy atom. The van der Waals surface area contributed by atoms with Crippen LogP contribution in [0.15, 0.2) is 0 Å². The van der Waals surface area contributed by atoms with Crippen LogP contribution < -0.4 is 5.73 Å². The van der Waals surface area contributed by atoms with Gasteiger partial charge in [-0.2, -0.15) is 0 Å². The van der Waals surface area contributed by atoms with E-state index in [1.807, 2.05) is 0 Å². The minimum Gasteiger partial charge on any atom is -0.466 e. The average molecular weight is 161 g/mol. The van der Waals surface area contributed by atoms with Gasteiger partial charge in [0.2, 0.25) is 5.72 Å². The molecule has 0 aliphatic rings. The molecule has 0 aromatic carbocycles. The molecule has 0 saturated carbocycles. The number of rotatable bonds is 3. The Labute approximate surface area is 66.7 Å². The smallest absolute Gasteiger partial charge is 0.353 e. The van der Waals surface area contributed by atoms with Gasteiger partial charge in [-0.1, -0.05) is 13.8 Å². The molecule has 0 spiro atoms. The summed E-state index contributed by atoms with van der Waals surface area (Å²) in [6.45, 7) is 3.58. The highest BCUT2D eigenvalue weighted by Gasteiger charge is 2.38. The minimum absolute atomic E-state index is 0.111. The second kappa shape index (κ2) is 3.69. The second-order valence-electron chi connectivity index (χ2n) is 2.64. The molecule has 4 nitrogen and oxygen atoms in total. The van der Waals surface area contributed by atoms with E-state index in [0.29, 0.717) is 0 Å². The molecule has 0 amide bonds. The third-order valence-electron chi connectivity index (χ3n) is 1.70. The molecule has 0 aromatic heterocycles. The van der Waals surface area contributed by atoms with Crippen molar-refractivity contribution >= 4 is 5.97 Å². The summed E-state index contributed by atoms with van der Waals surface area (Å²) < 4.78 is 9.33. The minimum atomic E-state index is -1.31. The molecule has 66 valence electrons. The molecule has 1 atom stereocenters. The molecule has 0 radical (unpaired) electrons. The molecule has 4 heteroatoms. The van der Waals surface area contributed by atoms with Crippen molar-refractivity contribution in [1.29, 1.82) is 0 Å². The summed E-state index contributed by atoms with van der Waals surface area (Å²) in [4.78, 5) is 11.0. The Morgan fingerprint density at radius 3 is 2.00 bits per heavy atom. The van der Waals surface area contributed by atoms with Gasteiger partial charge >= 0.3 is 5.97 Å². The molecule has 0 fully saturated rings. The van der Waals surface area contributed by atoms with Crippen LogP contribution in [0.3, 0.4) is 0 Å². The first-order valence-electron chi connectivity index (χ1n) is 3.41. The third kappa shape index (κ3) is 1.91. The molecular weight excluding hydrogens is 146 g/mol. The molecule has 11 heavy (non-hydrogen) atoms. The van der Waals surface area contributed by atoms with Gasteiger partial charge in [-0.3, -0.25) is 5.73 Å². The molecule has 0 aliphatic heterocycles. The SMILES string of the molecule is COC(=O)C(N)(OC)C(C)C. The molecule has 0 aliphatic carbocycles. The second-order valence-corrected chi connectivity index (χ2v) is 2.64. The number of ether oxygens (including phenoxy) is 2. The highest BCUT2D eigenvalue weighted by molar-refractivity contribution is 5.78. The highest BCUT2D eigenvalue weighted by Crippen LogP contribution is 2.15. The van der Waals surface area contributed by atoms with Crippen LogP contribution in [-0.4, -0.2) is 25.9 Å². The van der Waals surface area contributed by atoms with Crippen molar-refractivity contribution in [2.24, 2.45) is 11.7 Å². The molecular formula is C7H15NO3. The van der Waals surface area contributed by atoms with Crippen molar-refractivity contribution in [3.05, 3.63) is 0 Å². The maximum atomic E-state index is 11.0. The lowest BCUT2D eigenvalue weighted by Crippen LogP contribution is -2.54. The van der Waals surface area contributed by atoms with Crippen molar-refractivity contribution in [2.75, 3.05) is 14.2 Å². The Balaban J connectivity index is 4.45. The number of hydrogen-bond donors (Lipinski definition) is 1. The van der Waals surface area contributed by atoms with Crippen LogP contribution in [0.1, 0.15) is 13.8 Å². The van der Waals surface area contributed by atoms with E-state index in [9.17, 15) is 4.79 Å². The topological polar surface area (TPSA) is 61.5 Å². The van der Waals surface area contributed by atoms with Gasteiger partial charge in [0.05, 0.1) is 7.11 Å². The van der Waals surface area contributed by atoms with E-state index in [0.717, 1.165) is 0 Å². The molecule has 0 rings (SSSR count). The lowest BCUT2D eigenvalue weighted by Gasteiger charge is -2.28. The van der Waals surface area contributed by atoms with Gasteiger partial charge in [0.15, 0.2) is 0 Å². The fourth-order valence-corrected chi connectivity index (χ4v) is 0.714. The van der Waals surface area contributed by atoms with Gasteiger partial charge < -0.3 is 9.47 Å². The number of nitrogens with two attached hydrogens (primary N) is 1. The number of methoxy groups -OCH3 is 2. The van der Waals surface area contributed by atoms with Gasteiger partial charge in [0, 0.05) is 13.0 Å². The molecule has 2 N–H and O–H groups in total. The zero-order valence-electron chi connectivity index (χ0n) is 7.38. The summed E-state index contributed by atoms with van der Waals surface area (Å²) in [5, 5.41) is 0. The molecule has 0 bridgehead atoms. The standard InChI is InChI=1S/C7H15NO3/c1-5(2)7(8,11-4)6(9)10-3/h5H,8H2,1-4H3. The summed E-state index contributed by atoms with van der Waals surface area (Å²) in [6, 6.07) is 0. The molecule has 1 unspecified atom stereocenters. The third-order valence-corrected chi connectivity index (χ3v) is 1.70. The van der Waals surface area contributed by atoms with Gasteiger partial charge in [-0.25, -0.2) is 4.79 Å². The first-order chi connectivity index (χ1) is 4.99. The van der Waals surface area contributed by atoms with Gasteiger partial charge in [-0.05, 0) is 0 Å². The first kappa shape index (κ1) is 10.4. The van der Waals surface area contributed by atoms with Crippen molar-refractivity contribution in [1.82, 2.24) is 0 Å². The fraction of sp³-hybridized carbons (Fsp3) is 0.857. The van der Waals surface area contributed by atoms with Crippen LogP contribution >= 0.6 is 0 Å². The Morgan fingerprint density at radius 1 is 1.45 bits per heavy atom. The molecule has 0 saturated heterocycles. The van der Waals surface area contributed by atoms with E-state index in [4.69, 9.17) is 10.5 Å². The van der Waals surface area contributed by atoms with Crippen molar-refractivity contribution in [3.63, 3.8) is 0 Å². The zero-order chi connectivity index (χ0) is 9.07. The summed E-state index contributed by atoms with van der Waals surface area (Å²) in [7, 11) is 2.67. The first-order valence-corrected chi connectivity index (χ1v) is 3.41. The Kier molecular flexibility index (Phi) is 3.48. The molecule has 0 heterocycles. The van der Waals surface area contributed by atoms with E-state index in [2.05, 4.69) is 4.74 Å². The van der Waals surface area contributed by atoms with Gasteiger partial charge in [-0.15, -0.1) is 0 Å². The van der Waals surface area contributed by atoms with E-state index >= 15 is 0 Å². The van der Waals surface area contributed by atoms with Gasteiger partial charge in [0.1, 0.15) is 0 Å². The van der Waals surface area contributed by atoms with E-state index < -0.39 is 11.7 Å². The summed E-state index contributed by atoms with van der Waals surface area (Å²) >= 11 is 0.